The van der Waals surface area contributed by atoms with Gasteiger partial charge in [-0.2, -0.15) is 0 Å². The molecule has 18 heavy (non-hydrogen) atoms. The standard InChI is InChI=1S/C11H13Cl3O3Si/c1-18(2,3)11(10(15)16)17-9-5-7(13)6(12)4-8(9)14/h4-5,11H,1-3H3,(H,15,16)/p-1. The molecule has 0 aromatic heterocycles. The number of carbonyl (C=O) groups is 1. The smallest absolute Gasteiger partial charge is 0.139 e. The predicted octanol–water partition coefficient (Wildman–Crippen LogP) is 3.02. The zero-order chi connectivity index (χ0) is 14.1. The number of aliphatic carboxylic acids is 1. The highest BCUT2D eigenvalue weighted by Crippen LogP contribution is 2.35. The van der Waals surface area contributed by atoms with E-state index in [1.165, 1.54) is 12.1 Å². The van der Waals surface area contributed by atoms with Crippen molar-refractivity contribution in [3.63, 3.8) is 0 Å². The van der Waals surface area contributed by atoms with E-state index in [2.05, 4.69) is 0 Å². The first-order valence-corrected chi connectivity index (χ1v) is 9.86. The van der Waals surface area contributed by atoms with Gasteiger partial charge >= 0.3 is 0 Å². The molecule has 0 aliphatic carbocycles. The summed E-state index contributed by atoms with van der Waals surface area (Å²) in [4.78, 5) is 11.1. The van der Waals surface area contributed by atoms with Crippen molar-refractivity contribution < 1.29 is 14.6 Å². The van der Waals surface area contributed by atoms with Crippen molar-refractivity contribution in [2.45, 2.75) is 25.4 Å². The van der Waals surface area contributed by atoms with E-state index >= 15 is 0 Å². The fraction of sp³-hybridized carbons (Fsp3) is 0.364. The second-order valence-corrected chi connectivity index (χ2v) is 11.4. The van der Waals surface area contributed by atoms with Crippen LogP contribution in [0.1, 0.15) is 0 Å². The van der Waals surface area contributed by atoms with Crippen LogP contribution < -0.4 is 9.84 Å². The number of halogens is 3. The Kier molecular flexibility index (Phi) is 4.95. The van der Waals surface area contributed by atoms with Gasteiger partial charge in [-0.25, -0.2) is 0 Å². The second-order valence-electron chi connectivity index (χ2n) is 4.88. The van der Waals surface area contributed by atoms with Crippen molar-refractivity contribution >= 4 is 48.8 Å². The third-order valence-electron chi connectivity index (χ3n) is 2.22. The Hall–Kier alpha value is -0.423. The van der Waals surface area contributed by atoms with Crippen LogP contribution in [0.2, 0.25) is 34.7 Å². The molecule has 0 aliphatic heterocycles. The van der Waals surface area contributed by atoms with Crippen LogP contribution in [0.4, 0.5) is 0 Å². The Morgan fingerprint density at radius 2 is 1.67 bits per heavy atom. The molecule has 0 aliphatic rings. The molecule has 0 saturated heterocycles. The molecule has 0 spiro atoms. The zero-order valence-electron chi connectivity index (χ0n) is 10.1. The Balaban J connectivity index is 3.09. The van der Waals surface area contributed by atoms with E-state index in [9.17, 15) is 9.90 Å². The first-order chi connectivity index (χ1) is 8.12. The highest BCUT2D eigenvalue weighted by Gasteiger charge is 2.30. The Morgan fingerprint density at radius 1 is 1.17 bits per heavy atom. The summed E-state index contributed by atoms with van der Waals surface area (Å²) in [6, 6.07) is 2.82. The lowest BCUT2D eigenvalue weighted by Crippen LogP contribution is -2.54. The zero-order valence-corrected chi connectivity index (χ0v) is 13.4. The van der Waals surface area contributed by atoms with E-state index in [4.69, 9.17) is 39.5 Å². The van der Waals surface area contributed by atoms with Gasteiger partial charge in [-0.15, -0.1) is 0 Å². The van der Waals surface area contributed by atoms with Crippen LogP contribution in [-0.4, -0.2) is 19.8 Å². The van der Waals surface area contributed by atoms with E-state index < -0.39 is 19.8 Å². The summed E-state index contributed by atoms with van der Waals surface area (Å²) in [5, 5.41) is 11.9. The highest BCUT2D eigenvalue weighted by molar-refractivity contribution is 6.80. The SMILES string of the molecule is C[Si](C)(C)C(Oc1cc(Cl)c(Cl)cc1Cl)C(=O)[O-]. The molecule has 1 aromatic carbocycles. The molecule has 0 heterocycles. The van der Waals surface area contributed by atoms with Gasteiger partial charge in [-0.1, -0.05) is 54.4 Å². The van der Waals surface area contributed by atoms with Gasteiger partial charge in [0.2, 0.25) is 0 Å². The molecule has 7 heteroatoms. The molecule has 1 unspecified atom stereocenters. The first kappa shape index (κ1) is 15.6. The fourth-order valence-corrected chi connectivity index (χ4v) is 3.07. The van der Waals surface area contributed by atoms with Gasteiger partial charge in [0.1, 0.15) is 19.6 Å². The molecule has 0 fully saturated rings. The van der Waals surface area contributed by atoms with Gasteiger partial charge in [0, 0.05) is 6.07 Å². The largest absolute Gasteiger partial charge is 0.546 e. The van der Waals surface area contributed by atoms with Gasteiger partial charge in [0.05, 0.1) is 21.0 Å². The van der Waals surface area contributed by atoms with Crippen molar-refractivity contribution in [2.24, 2.45) is 0 Å². The summed E-state index contributed by atoms with van der Waals surface area (Å²) in [5.41, 5.74) is -1.01. The van der Waals surface area contributed by atoms with Gasteiger partial charge in [-0.3, -0.25) is 0 Å². The second kappa shape index (κ2) is 5.69. The number of carboxylic acids is 1. The lowest BCUT2D eigenvalue weighted by molar-refractivity contribution is -0.310. The minimum absolute atomic E-state index is 0.197. The molecule has 3 nitrogen and oxygen atoms in total. The summed E-state index contributed by atoms with van der Waals surface area (Å²) in [7, 11) is -2.11. The van der Waals surface area contributed by atoms with E-state index in [1.54, 1.807) is 0 Å². The first-order valence-electron chi connectivity index (χ1n) is 5.15. The lowest BCUT2D eigenvalue weighted by Gasteiger charge is -2.30. The average molecular weight is 327 g/mol. The normalized spacial score (nSPS) is 13.2. The van der Waals surface area contributed by atoms with Gasteiger partial charge in [0.15, 0.2) is 0 Å². The van der Waals surface area contributed by atoms with Gasteiger partial charge in [-0.05, 0) is 6.07 Å². The van der Waals surface area contributed by atoms with Crippen LogP contribution in [0.5, 0.6) is 5.75 Å². The summed E-state index contributed by atoms with van der Waals surface area (Å²) in [6.07, 6.45) is 0. The summed E-state index contributed by atoms with van der Waals surface area (Å²) in [6.45, 7) is 5.58. The summed E-state index contributed by atoms with van der Waals surface area (Å²) >= 11 is 17.6. The van der Waals surface area contributed by atoms with Crippen LogP contribution in [0, 0.1) is 0 Å². The third kappa shape index (κ3) is 3.78. The number of hydrogen-bond acceptors (Lipinski definition) is 3. The molecule has 100 valence electrons. The van der Waals surface area contributed by atoms with Crippen molar-refractivity contribution in [1.82, 2.24) is 0 Å². The Morgan fingerprint density at radius 3 is 2.11 bits per heavy atom. The molecule has 0 amide bonds. The number of rotatable bonds is 4. The molecule has 0 radical (unpaired) electrons. The van der Waals surface area contributed by atoms with Crippen LogP contribution >= 0.6 is 34.8 Å². The van der Waals surface area contributed by atoms with E-state index in [0.29, 0.717) is 0 Å². The molecular formula is C11H12Cl3O3Si-. The van der Waals surface area contributed by atoms with Gasteiger partial charge < -0.3 is 14.6 Å². The number of carboxylic acid groups (broad SMARTS) is 1. The van der Waals surface area contributed by atoms with Crippen molar-refractivity contribution in [3.8, 4) is 5.75 Å². The fourth-order valence-electron chi connectivity index (χ4n) is 1.30. The maximum absolute atomic E-state index is 11.1. The minimum Gasteiger partial charge on any atom is -0.546 e. The monoisotopic (exact) mass is 325 g/mol. The molecular weight excluding hydrogens is 315 g/mol. The topological polar surface area (TPSA) is 49.4 Å². The maximum Gasteiger partial charge on any atom is 0.139 e. The van der Waals surface area contributed by atoms with E-state index in [-0.39, 0.29) is 20.8 Å². The van der Waals surface area contributed by atoms with Gasteiger partial charge in [0.25, 0.3) is 0 Å². The van der Waals surface area contributed by atoms with Crippen molar-refractivity contribution in [2.75, 3.05) is 0 Å². The van der Waals surface area contributed by atoms with Crippen molar-refractivity contribution in [3.05, 3.63) is 27.2 Å². The van der Waals surface area contributed by atoms with E-state index in [1.807, 2.05) is 19.6 Å². The molecule has 1 atom stereocenters. The molecule has 0 N–H and O–H groups in total. The summed E-state index contributed by atoms with van der Waals surface area (Å²) < 4.78 is 5.43. The average Bonchev–Trinajstić information content (AvgIpc) is 2.19. The Labute approximate surface area is 122 Å². The Bertz CT molecular complexity index is 471. The number of benzene rings is 1. The van der Waals surface area contributed by atoms with Crippen LogP contribution in [0.3, 0.4) is 0 Å². The molecule has 1 rings (SSSR count). The number of carbonyl (C=O) groups excluding carboxylic acids is 1. The predicted molar refractivity (Wildman–Crippen MR) is 74.2 cm³/mol. The van der Waals surface area contributed by atoms with Crippen LogP contribution in [0.15, 0.2) is 12.1 Å². The lowest BCUT2D eigenvalue weighted by atomic mass is 10.3. The third-order valence-corrected chi connectivity index (χ3v) is 5.16. The molecule has 0 bridgehead atoms. The minimum atomic E-state index is -2.11. The quantitative estimate of drug-likeness (QED) is 0.631. The number of ether oxygens (including phenoxy) is 1. The molecule has 1 aromatic rings. The van der Waals surface area contributed by atoms with Crippen LogP contribution in [-0.2, 0) is 4.79 Å². The molecule has 0 saturated carbocycles. The summed E-state index contributed by atoms with van der Waals surface area (Å²) in [5.74, 6) is -1.06. The number of hydrogen-bond donors (Lipinski definition) is 0. The van der Waals surface area contributed by atoms with E-state index in [0.717, 1.165) is 0 Å². The maximum atomic E-state index is 11.1. The highest BCUT2D eigenvalue weighted by atomic mass is 35.5. The van der Waals surface area contributed by atoms with Crippen molar-refractivity contribution in [1.29, 1.82) is 0 Å². The van der Waals surface area contributed by atoms with Crippen LogP contribution in [0.25, 0.3) is 0 Å².